The monoisotopic (exact) mass is 445 g/mol. The predicted molar refractivity (Wildman–Crippen MR) is 119 cm³/mol. The molecule has 2 N–H and O–H groups in total. The van der Waals surface area contributed by atoms with E-state index < -0.39 is 5.97 Å². The first-order chi connectivity index (χ1) is 15.0. The van der Waals surface area contributed by atoms with Gasteiger partial charge in [-0.2, -0.15) is 4.98 Å². The fourth-order valence-corrected chi connectivity index (χ4v) is 4.50. The van der Waals surface area contributed by atoms with E-state index in [1.807, 2.05) is 0 Å². The summed E-state index contributed by atoms with van der Waals surface area (Å²) >= 11 is 1.23. The Kier molecular flexibility index (Phi) is 8.25. The van der Waals surface area contributed by atoms with Gasteiger partial charge in [0.25, 0.3) is 0 Å². The number of thioether (sulfide) groups is 1. The van der Waals surface area contributed by atoms with Gasteiger partial charge >= 0.3 is 11.7 Å². The van der Waals surface area contributed by atoms with Crippen molar-refractivity contribution in [2.45, 2.75) is 50.6 Å². The zero-order chi connectivity index (χ0) is 22.2. The summed E-state index contributed by atoms with van der Waals surface area (Å²) in [4.78, 5) is 41.4. The Morgan fingerprint density at radius 2 is 2.03 bits per heavy atom. The molecule has 1 aliphatic carbocycles. The summed E-state index contributed by atoms with van der Waals surface area (Å²) in [6, 6.07) is 6.69. The van der Waals surface area contributed by atoms with Gasteiger partial charge in [0.15, 0.2) is 0 Å². The zero-order valence-electron chi connectivity index (χ0n) is 17.6. The minimum absolute atomic E-state index is 0.0190. The number of rotatable bonds is 9. The van der Waals surface area contributed by atoms with Gasteiger partial charge in [-0.25, -0.2) is 9.59 Å². The quantitative estimate of drug-likeness (QED) is 0.346. The maximum atomic E-state index is 12.6. The van der Waals surface area contributed by atoms with Gasteiger partial charge in [-0.05, 0) is 51.2 Å². The van der Waals surface area contributed by atoms with Gasteiger partial charge < -0.3 is 15.2 Å². The van der Waals surface area contributed by atoms with Crippen molar-refractivity contribution in [1.82, 2.24) is 9.55 Å². The highest BCUT2D eigenvalue weighted by molar-refractivity contribution is 8.00. The van der Waals surface area contributed by atoms with Crippen molar-refractivity contribution in [3.05, 3.63) is 51.6 Å². The number of hydrogen-bond acceptors (Lipinski definition) is 7. The van der Waals surface area contributed by atoms with E-state index in [-0.39, 0.29) is 30.6 Å². The van der Waals surface area contributed by atoms with E-state index in [4.69, 9.17) is 9.84 Å². The average molecular weight is 446 g/mol. The molecule has 9 heteroatoms. The standard InChI is InChI=1S/C22H27N3O5S/c1-2-30-21(28)15-8-3-5-10-17(15)23-19(27)14-31-20-16-9-4-6-11-18(16)25(12-7-13-26)22(29)24-20/h3,5,8,10,26H,2,4,6-7,9,11-14H2,1H3,(H,23,27). The molecule has 0 atom stereocenters. The Balaban J connectivity index is 1.73. The normalized spacial score (nSPS) is 12.8. The third-order valence-electron chi connectivity index (χ3n) is 5.03. The number of aliphatic hydroxyl groups is 1. The number of para-hydroxylation sites is 1. The van der Waals surface area contributed by atoms with Crippen LogP contribution in [0.2, 0.25) is 0 Å². The molecule has 1 aromatic carbocycles. The molecule has 0 aliphatic heterocycles. The number of hydrogen-bond donors (Lipinski definition) is 2. The third kappa shape index (κ3) is 5.74. The summed E-state index contributed by atoms with van der Waals surface area (Å²) in [6.45, 7) is 2.44. The predicted octanol–water partition coefficient (Wildman–Crippen LogP) is 2.41. The lowest BCUT2D eigenvalue weighted by molar-refractivity contribution is -0.113. The Morgan fingerprint density at radius 3 is 2.81 bits per heavy atom. The van der Waals surface area contributed by atoms with Crippen LogP contribution in [0.25, 0.3) is 0 Å². The number of esters is 1. The molecule has 0 spiro atoms. The minimum Gasteiger partial charge on any atom is -0.462 e. The molecule has 1 heterocycles. The SMILES string of the molecule is CCOC(=O)c1ccccc1NC(=O)CSc1nc(=O)n(CCCO)c2c1CCCC2. The van der Waals surface area contributed by atoms with Crippen LogP contribution < -0.4 is 11.0 Å². The van der Waals surface area contributed by atoms with Crippen molar-refractivity contribution >= 4 is 29.3 Å². The van der Waals surface area contributed by atoms with Crippen LogP contribution in [0.1, 0.15) is 47.8 Å². The molecule has 1 aliphatic rings. The second kappa shape index (κ2) is 11.1. The first-order valence-corrected chi connectivity index (χ1v) is 11.5. The van der Waals surface area contributed by atoms with E-state index >= 15 is 0 Å². The Labute approximate surface area is 185 Å². The van der Waals surface area contributed by atoms with E-state index in [0.29, 0.717) is 29.2 Å². The number of benzene rings is 1. The number of nitrogens with one attached hydrogen (secondary N) is 1. The van der Waals surface area contributed by atoms with Crippen molar-refractivity contribution in [3.8, 4) is 0 Å². The smallest absolute Gasteiger partial charge is 0.348 e. The molecule has 0 fully saturated rings. The van der Waals surface area contributed by atoms with Crippen LogP contribution in [-0.4, -0.2) is 45.5 Å². The highest BCUT2D eigenvalue weighted by Crippen LogP contribution is 2.28. The van der Waals surface area contributed by atoms with Crippen molar-refractivity contribution in [2.75, 3.05) is 24.3 Å². The zero-order valence-corrected chi connectivity index (χ0v) is 18.4. The summed E-state index contributed by atoms with van der Waals surface area (Å²) in [6.07, 6.45) is 4.13. The number of aliphatic hydroxyl groups excluding tert-OH is 1. The van der Waals surface area contributed by atoms with Crippen molar-refractivity contribution < 1.29 is 19.4 Å². The van der Waals surface area contributed by atoms with Gasteiger partial charge in [-0.15, -0.1) is 0 Å². The molecule has 31 heavy (non-hydrogen) atoms. The summed E-state index contributed by atoms with van der Waals surface area (Å²) in [7, 11) is 0. The van der Waals surface area contributed by atoms with Gasteiger partial charge in [-0.1, -0.05) is 23.9 Å². The molecule has 1 aromatic heterocycles. The van der Waals surface area contributed by atoms with Gasteiger partial charge in [0.05, 0.1) is 23.6 Å². The summed E-state index contributed by atoms with van der Waals surface area (Å²) in [5, 5.41) is 12.5. The topological polar surface area (TPSA) is 111 Å². The first-order valence-electron chi connectivity index (χ1n) is 10.5. The number of nitrogens with zero attached hydrogens (tertiary/aromatic N) is 2. The van der Waals surface area contributed by atoms with Gasteiger partial charge in [-0.3, -0.25) is 9.36 Å². The molecular weight excluding hydrogens is 418 g/mol. The lowest BCUT2D eigenvalue weighted by Gasteiger charge is -2.22. The molecule has 166 valence electrons. The van der Waals surface area contributed by atoms with Gasteiger partial charge in [0, 0.05) is 24.4 Å². The van der Waals surface area contributed by atoms with E-state index in [9.17, 15) is 14.4 Å². The molecule has 2 aromatic rings. The largest absolute Gasteiger partial charge is 0.462 e. The van der Waals surface area contributed by atoms with Crippen molar-refractivity contribution in [1.29, 1.82) is 0 Å². The molecule has 3 rings (SSSR count). The number of aromatic nitrogens is 2. The van der Waals surface area contributed by atoms with E-state index in [2.05, 4.69) is 10.3 Å². The van der Waals surface area contributed by atoms with Crippen LogP contribution in [0.15, 0.2) is 34.1 Å². The average Bonchev–Trinajstić information content (AvgIpc) is 2.77. The van der Waals surface area contributed by atoms with E-state index in [1.165, 1.54) is 11.8 Å². The second-order valence-corrected chi connectivity index (χ2v) is 8.13. The first kappa shape index (κ1) is 23.0. The fourth-order valence-electron chi connectivity index (χ4n) is 3.63. The molecule has 0 saturated heterocycles. The lowest BCUT2D eigenvalue weighted by atomic mass is 9.97. The van der Waals surface area contributed by atoms with Crippen LogP contribution in [0.5, 0.6) is 0 Å². The molecule has 1 amide bonds. The molecule has 0 unspecified atom stereocenters. The maximum Gasteiger partial charge on any atom is 0.348 e. The Bertz CT molecular complexity index is 1010. The summed E-state index contributed by atoms with van der Waals surface area (Å²) in [5.74, 6) is -0.720. The Hall–Kier alpha value is -2.65. The number of carbonyl (C=O) groups is 2. The number of carbonyl (C=O) groups excluding carboxylic acids is 2. The van der Waals surface area contributed by atoms with Crippen LogP contribution in [0.3, 0.4) is 0 Å². The second-order valence-electron chi connectivity index (χ2n) is 7.16. The maximum absolute atomic E-state index is 12.6. The van der Waals surface area contributed by atoms with Crippen molar-refractivity contribution in [2.24, 2.45) is 0 Å². The molecule has 8 nitrogen and oxygen atoms in total. The lowest BCUT2D eigenvalue weighted by Crippen LogP contribution is -2.30. The Morgan fingerprint density at radius 1 is 1.26 bits per heavy atom. The highest BCUT2D eigenvalue weighted by Gasteiger charge is 2.21. The van der Waals surface area contributed by atoms with Gasteiger partial charge in [0.2, 0.25) is 5.91 Å². The minimum atomic E-state index is -0.492. The van der Waals surface area contributed by atoms with E-state index in [0.717, 1.165) is 36.9 Å². The van der Waals surface area contributed by atoms with Crippen LogP contribution in [0.4, 0.5) is 5.69 Å². The highest BCUT2D eigenvalue weighted by atomic mass is 32.2. The number of amides is 1. The number of fused-ring (bicyclic) bond motifs is 1. The van der Waals surface area contributed by atoms with Crippen LogP contribution >= 0.6 is 11.8 Å². The van der Waals surface area contributed by atoms with E-state index in [1.54, 1.807) is 35.8 Å². The fraction of sp³-hybridized carbons (Fsp3) is 0.455. The molecule has 0 saturated carbocycles. The molecular formula is C22H27N3O5S. The molecule has 0 bridgehead atoms. The number of ether oxygens (including phenoxy) is 1. The van der Waals surface area contributed by atoms with Gasteiger partial charge in [0.1, 0.15) is 5.03 Å². The van der Waals surface area contributed by atoms with Crippen LogP contribution in [0, 0.1) is 0 Å². The van der Waals surface area contributed by atoms with Crippen LogP contribution in [-0.2, 0) is 28.9 Å². The van der Waals surface area contributed by atoms with Crippen molar-refractivity contribution in [3.63, 3.8) is 0 Å². The summed E-state index contributed by atoms with van der Waals surface area (Å²) < 4.78 is 6.69. The third-order valence-corrected chi connectivity index (χ3v) is 6.04. The number of anilines is 1. The summed E-state index contributed by atoms with van der Waals surface area (Å²) in [5.41, 5.74) is 2.33. The molecule has 0 radical (unpaired) electrons.